The van der Waals surface area contributed by atoms with Gasteiger partial charge in [0.15, 0.2) is 0 Å². The number of thiophene rings is 1. The summed E-state index contributed by atoms with van der Waals surface area (Å²) >= 11 is 7.20. The highest BCUT2D eigenvalue weighted by Gasteiger charge is 2.30. The van der Waals surface area contributed by atoms with Gasteiger partial charge in [0.25, 0.3) is 10.0 Å². The van der Waals surface area contributed by atoms with E-state index in [9.17, 15) is 13.2 Å². The number of ether oxygens (including phenoxy) is 3. The van der Waals surface area contributed by atoms with Crippen LogP contribution in [0.15, 0.2) is 41.3 Å². The number of sulfonamides is 1. The second kappa shape index (κ2) is 8.48. The van der Waals surface area contributed by atoms with Crippen molar-refractivity contribution in [1.82, 2.24) is 0 Å². The number of benzene rings is 2. The van der Waals surface area contributed by atoms with Gasteiger partial charge in [0.1, 0.15) is 21.3 Å². The number of esters is 1. The van der Waals surface area contributed by atoms with E-state index in [0.29, 0.717) is 15.8 Å². The molecule has 0 amide bonds. The number of hydrogen-bond donors (Lipinski definition) is 1. The monoisotopic (exact) mass is 455 g/mol. The van der Waals surface area contributed by atoms with Crippen LogP contribution in [0.25, 0.3) is 10.1 Å². The van der Waals surface area contributed by atoms with Crippen LogP contribution in [-0.2, 0) is 14.8 Å². The molecule has 0 atom stereocenters. The Morgan fingerprint density at radius 1 is 1.14 bits per heavy atom. The third-order valence-electron chi connectivity index (χ3n) is 4.00. The molecule has 0 aliphatic carbocycles. The fourth-order valence-corrected chi connectivity index (χ4v) is 5.85. The summed E-state index contributed by atoms with van der Waals surface area (Å²) in [5, 5.41) is 0.624. The average Bonchev–Trinajstić information content (AvgIpc) is 3.09. The van der Waals surface area contributed by atoms with Crippen LogP contribution in [0.4, 0.5) is 5.69 Å². The first-order chi connectivity index (χ1) is 13.8. The predicted molar refractivity (Wildman–Crippen MR) is 113 cm³/mol. The lowest BCUT2D eigenvalue weighted by molar-refractivity contribution is 0.0528. The molecular weight excluding hydrogens is 438 g/mol. The van der Waals surface area contributed by atoms with Gasteiger partial charge in [0.05, 0.1) is 31.5 Å². The van der Waals surface area contributed by atoms with E-state index in [4.69, 9.17) is 25.8 Å². The number of halogens is 1. The Morgan fingerprint density at radius 2 is 1.83 bits per heavy atom. The lowest BCUT2D eigenvalue weighted by atomic mass is 10.2. The molecular formula is C19H18ClNO6S2. The zero-order chi connectivity index (χ0) is 21.2. The topological polar surface area (TPSA) is 90.9 Å². The Balaban J connectivity index is 2.16. The van der Waals surface area contributed by atoms with Crippen molar-refractivity contribution < 1.29 is 27.4 Å². The standard InChI is InChI=1S/C19H18ClNO6S2/c1-4-27-19(22)17-18(11-7-5-6-8-16(11)28-17)29(23,24)21-13-9-12(20)14(25-2)10-15(13)26-3/h5-10,21H,4H2,1-3H3. The Morgan fingerprint density at radius 3 is 2.48 bits per heavy atom. The molecule has 0 saturated heterocycles. The maximum atomic E-state index is 13.3. The molecule has 0 saturated carbocycles. The first-order valence-corrected chi connectivity index (χ1v) is 11.1. The molecule has 0 spiro atoms. The third kappa shape index (κ3) is 4.12. The number of hydrogen-bond acceptors (Lipinski definition) is 7. The van der Waals surface area contributed by atoms with Gasteiger partial charge < -0.3 is 14.2 Å². The highest BCUT2D eigenvalue weighted by Crippen LogP contribution is 2.40. The van der Waals surface area contributed by atoms with Crippen LogP contribution < -0.4 is 14.2 Å². The zero-order valence-corrected chi connectivity index (χ0v) is 18.2. The normalized spacial score (nSPS) is 11.3. The number of methoxy groups -OCH3 is 2. The molecule has 10 heteroatoms. The molecule has 3 rings (SSSR count). The quantitative estimate of drug-likeness (QED) is 0.525. The van der Waals surface area contributed by atoms with Crippen LogP contribution in [0.2, 0.25) is 5.02 Å². The largest absolute Gasteiger partial charge is 0.495 e. The zero-order valence-electron chi connectivity index (χ0n) is 15.8. The summed E-state index contributed by atoms with van der Waals surface area (Å²) in [6.07, 6.45) is 0. The van der Waals surface area contributed by atoms with Crippen LogP contribution in [0.3, 0.4) is 0 Å². The highest BCUT2D eigenvalue weighted by atomic mass is 35.5. The minimum atomic E-state index is -4.18. The molecule has 0 bridgehead atoms. The van der Waals surface area contributed by atoms with Gasteiger partial charge in [0.2, 0.25) is 0 Å². The summed E-state index contributed by atoms with van der Waals surface area (Å²) in [6, 6.07) is 9.71. The predicted octanol–water partition coefficient (Wildman–Crippen LogP) is 4.55. The molecule has 154 valence electrons. The molecule has 0 unspecified atom stereocenters. The van der Waals surface area contributed by atoms with Crippen LogP contribution >= 0.6 is 22.9 Å². The van der Waals surface area contributed by atoms with E-state index in [1.165, 1.54) is 26.4 Å². The fraction of sp³-hybridized carbons (Fsp3) is 0.211. The fourth-order valence-electron chi connectivity index (χ4n) is 2.76. The van der Waals surface area contributed by atoms with Gasteiger partial charge in [-0.3, -0.25) is 4.72 Å². The Bertz CT molecular complexity index is 1170. The van der Waals surface area contributed by atoms with Gasteiger partial charge in [-0.15, -0.1) is 11.3 Å². The summed E-state index contributed by atoms with van der Waals surface area (Å²) in [4.78, 5) is 12.3. The first-order valence-electron chi connectivity index (χ1n) is 8.45. The number of fused-ring (bicyclic) bond motifs is 1. The molecule has 7 nitrogen and oxygen atoms in total. The molecule has 1 N–H and O–H groups in total. The molecule has 29 heavy (non-hydrogen) atoms. The molecule has 3 aromatic rings. The lowest BCUT2D eigenvalue weighted by Gasteiger charge is -2.14. The molecule has 0 fully saturated rings. The lowest BCUT2D eigenvalue weighted by Crippen LogP contribution is -2.17. The van der Waals surface area contributed by atoms with Crippen molar-refractivity contribution in [2.45, 2.75) is 11.8 Å². The van der Waals surface area contributed by atoms with Crippen LogP contribution in [0.1, 0.15) is 16.6 Å². The van der Waals surface area contributed by atoms with Crippen molar-refractivity contribution in [1.29, 1.82) is 0 Å². The Hall–Kier alpha value is -2.49. The van der Waals surface area contributed by atoms with E-state index in [1.54, 1.807) is 31.2 Å². The van der Waals surface area contributed by atoms with E-state index in [2.05, 4.69) is 4.72 Å². The van der Waals surface area contributed by atoms with Crippen LogP contribution in [0, 0.1) is 0 Å². The summed E-state index contributed by atoms with van der Waals surface area (Å²) in [6.45, 7) is 1.78. The Labute approximate surface area is 177 Å². The van der Waals surface area contributed by atoms with E-state index in [0.717, 1.165) is 11.3 Å². The second-order valence-corrected chi connectivity index (χ2v) is 8.85. The van der Waals surface area contributed by atoms with E-state index >= 15 is 0 Å². The molecule has 0 aliphatic heterocycles. The summed E-state index contributed by atoms with van der Waals surface area (Å²) in [7, 11) is -1.35. The average molecular weight is 456 g/mol. The molecule has 1 aromatic heterocycles. The van der Waals surface area contributed by atoms with E-state index < -0.39 is 16.0 Å². The van der Waals surface area contributed by atoms with Crippen LogP contribution in [-0.4, -0.2) is 35.2 Å². The molecule has 0 aliphatic rings. The Kier molecular flexibility index (Phi) is 6.21. The molecule has 0 radical (unpaired) electrons. The van der Waals surface area contributed by atoms with E-state index in [-0.39, 0.29) is 32.8 Å². The summed E-state index contributed by atoms with van der Waals surface area (Å²) in [5.74, 6) is -0.152. The van der Waals surface area contributed by atoms with Crippen molar-refractivity contribution >= 4 is 54.7 Å². The van der Waals surface area contributed by atoms with Crippen molar-refractivity contribution in [2.24, 2.45) is 0 Å². The number of nitrogens with one attached hydrogen (secondary N) is 1. The van der Waals surface area contributed by atoms with Crippen molar-refractivity contribution in [3.8, 4) is 11.5 Å². The van der Waals surface area contributed by atoms with Crippen molar-refractivity contribution in [2.75, 3.05) is 25.5 Å². The third-order valence-corrected chi connectivity index (χ3v) is 7.02. The molecule has 2 aromatic carbocycles. The minimum absolute atomic E-state index is 0.000810. The number of anilines is 1. The maximum Gasteiger partial charge on any atom is 0.349 e. The first kappa shape index (κ1) is 21.2. The SMILES string of the molecule is CCOC(=O)c1sc2ccccc2c1S(=O)(=O)Nc1cc(Cl)c(OC)cc1OC. The number of carbonyl (C=O) groups is 1. The number of carbonyl (C=O) groups excluding carboxylic acids is 1. The highest BCUT2D eigenvalue weighted by molar-refractivity contribution is 7.93. The maximum absolute atomic E-state index is 13.3. The van der Waals surface area contributed by atoms with Crippen LogP contribution in [0.5, 0.6) is 11.5 Å². The van der Waals surface area contributed by atoms with Crippen molar-refractivity contribution in [3.05, 3.63) is 46.3 Å². The molecule has 1 heterocycles. The van der Waals surface area contributed by atoms with Crippen molar-refractivity contribution in [3.63, 3.8) is 0 Å². The van der Waals surface area contributed by atoms with Gasteiger partial charge in [0, 0.05) is 16.2 Å². The second-order valence-electron chi connectivity index (χ2n) is 5.77. The summed E-state index contributed by atoms with van der Waals surface area (Å²) in [5.41, 5.74) is 0.114. The van der Waals surface area contributed by atoms with E-state index in [1.807, 2.05) is 0 Å². The van der Waals surface area contributed by atoms with Gasteiger partial charge in [-0.05, 0) is 19.1 Å². The number of rotatable bonds is 7. The summed E-state index contributed by atoms with van der Waals surface area (Å²) < 4.78 is 45.2. The van der Waals surface area contributed by atoms with Gasteiger partial charge in [-0.25, -0.2) is 13.2 Å². The van der Waals surface area contributed by atoms with Gasteiger partial charge in [-0.2, -0.15) is 0 Å². The minimum Gasteiger partial charge on any atom is -0.495 e. The van der Waals surface area contributed by atoms with Gasteiger partial charge in [-0.1, -0.05) is 29.8 Å². The smallest absolute Gasteiger partial charge is 0.349 e. The van der Waals surface area contributed by atoms with Gasteiger partial charge >= 0.3 is 5.97 Å².